The molecule has 2 N–H and O–H groups in total. The van der Waals surface area contributed by atoms with Crippen LogP contribution in [0.4, 0.5) is 0 Å². The van der Waals surface area contributed by atoms with E-state index in [-0.39, 0.29) is 0 Å². The van der Waals surface area contributed by atoms with Crippen LogP contribution < -0.4 is 0 Å². The van der Waals surface area contributed by atoms with Crippen LogP contribution in [0.1, 0.15) is 40.7 Å². The number of piperidine rings is 1. The Bertz CT molecular complexity index is 689. The predicted molar refractivity (Wildman–Crippen MR) is 97.6 cm³/mol. The largest absolute Gasteiger partial charge is 0.478 e. The van der Waals surface area contributed by atoms with Gasteiger partial charge in [-0.15, -0.1) is 0 Å². The van der Waals surface area contributed by atoms with Gasteiger partial charge >= 0.3 is 5.97 Å². The van der Waals surface area contributed by atoms with Gasteiger partial charge in [0.05, 0.1) is 11.2 Å². The summed E-state index contributed by atoms with van der Waals surface area (Å²) in [5.74, 6) is -0.907. The van der Waals surface area contributed by atoms with E-state index in [1.54, 1.807) is 12.1 Å². The molecule has 1 heterocycles. The summed E-state index contributed by atoms with van der Waals surface area (Å²) >= 11 is 0. The molecule has 0 spiro atoms. The van der Waals surface area contributed by atoms with Crippen molar-refractivity contribution in [2.24, 2.45) is 0 Å². The molecule has 1 aliphatic rings. The Morgan fingerprint density at radius 3 is 2.20 bits per heavy atom. The van der Waals surface area contributed by atoms with Crippen molar-refractivity contribution in [3.8, 4) is 0 Å². The highest BCUT2D eigenvalue weighted by Gasteiger charge is 2.31. The van der Waals surface area contributed by atoms with E-state index in [0.29, 0.717) is 5.56 Å². The van der Waals surface area contributed by atoms with Crippen molar-refractivity contribution in [2.75, 3.05) is 13.1 Å². The van der Waals surface area contributed by atoms with Gasteiger partial charge in [0.2, 0.25) is 0 Å². The quantitative estimate of drug-likeness (QED) is 0.847. The Kier molecular flexibility index (Phi) is 5.51. The summed E-state index contributed by atoms with van der Waals surface area (Å²) in [7, 11) is 0. The maximum Gasteiger partial charge on any atom is 0.335 e. The second-order valence-corrected chi connectivity index (χ2v) is 6.99. The van der Waals surface area contributed by atoms with Gasteiger partial charge in [0.1, 0.15) is 0 Å². The van der Waals surface area contributed by atoms with Crippen molar-refractivity contribution < 1.29 is 15.0 Å². The molecule has 0 unspecified atom stereocenters. The molecule has 4 nitrogen and oxygen atoms in total. The lowest BCUT2D eigenvalue weighted by atomic mass is 9.85. The lowest BCUT2D eigenvalue weighted by Gasteiger charge is -2.38. The number of likely N-dealkylation sites (tertiary alicyclic amines) is 1. The van der Waals surface area contributed by atoms with E-state index in [0.717, 1.165) is 50.9 Å². The molecule has 1 saturated heterocycles. The van der Waals surface area contributed by atoms with Crippen LogP contribution in [0.5, 0.6) is 0 Å². The molecule has 0 aromatic heterocycles. The van der Waals surface area contributed by atoms with Crippen LogP contribution in [0.25, 0.3) is 0 Å². The molecule has 0 amide bonds. The topological polar surface area (TPSA) is 60.8 Å². The van der Waals surface area contributed by atoms with Crippen LogP contribution in [-0.2, 0) is 13.0 Å². The van der Waals surface area contributed by atoms with Gasteiger partial charge < -0.3 is 10.2 Å². The molecule has 0 atom stereocenters. The number of benzene rings is 2. The van der Waals surface area contributed by atoms with Gasteiger partial charge in [0.15, 0.2) is 0 Å². The average Bonchev–Trinajstić information content (AvgIpc) is 2.63. The first-order chi connectivity index (χ1) is 12.0. The monoisotopic (exact) mass is 339 g/mol. The van der Waals surface area contributed by atoms with E-state index in [4.69, 9.17) is 5.11 Å². The number of carboxylic acids is 1. The number of aromatic carboxylic acids is 1. The fourth-order valence-electron chi connectivity index (χ4n) is 3.41. The van der Waals surface area contributed by atoms with Gasteiger partial charge in [-0.05, 0) is 48.9 Å². The molecule has 0 saturated carbocycles. The molecule has 1 fully saturated rings. The van der Waals surface area contributed by atoms with Crippen LogP contribution >= 0.6 is 0 Å². The van der Waals surface area contributed by atoms with Crippen molar-refractivity contribution in [3.63, 3.8) is 0 Å². The molecule has 0 radical (unpaired) electrons. The minimum absolute atomic E-state index is 0.302. The molecule has 1 aliphatic heterocycles. The van der Waals surface area contributed by atoms with Crippen LogP contribution in [0.2, 0.25) is 0 Å². The minimum atomic E-state index is -0.907. The van der Waals surface area contributed by atoms with E-state index < -0.39 is 11.6 Å². The van der Waals surface area contributed by atoms with E-state index in [9.17, 15) is 9.90 Å². The zero-order chi connectivity index (χ0) is 17.7. The summed E-state index contributed by atoms with van der Waals surface area (Å²) in [4.78, 5) is 13.3. The highest BCUT2D eigenvalue weighted by molar-refractivity contribution is 5.87. The molecule has 2 aromatic carbocycles. The van der Waals surface area contributed by atoms with E-state index in [1.165, 1.54) is 5.56 Å². The Hall–Kier alpha value is -2.17. The number of aliphatic hydroxyl groups is 1. The normalized spacial score (nSPS) is 17.3. The summed E-state index contributed by atoms with van der Waals surface area (Å²) in [5.41, 5.74) is 2.08. The Morgan fingerprint density at radius 2 is 1.60 bits per heavy atom. The van der Waals surface area contributed by atoms with Gasteiger partial charge in [-0.1, -0.05) is 42.5 Å². The number of hydrogen-bond acceptors (Lipinski definition) is 3. The highest BCUT2D eigenvalue weighted by Crippen LogP contribution is 2.28. The first kappa shape index (κ1) is 17.6. The summed E-state index contributed by atoms with van der Waals surface area (Å²) in [6.07, 6.45) is 3.06. The summed E-state index contributed by atoms with van der Waals surface area (Å²) in [5, 5.41) is 19.8. The van der Waals surface area contributed by atoms with Crippen molar-refractivity contribution in [2.45, 2.75) is 37.8 Å². The maximum absolute atomic E-state index is 10.9. The zero-order valence-electron chi connectivity index (χ0n) is 14.4. The lowest BCUT2D eigenvalue weighted by Crippen LogP contribution is -2.44. The Labute approximate surface area is 148 Å². The number of carboxylic acid groups (broad SMARTS) is 1. The molecule has 25 heavy (non-hydrogen) atoms. The Balaban J connectivity index is 1.48. The molecule has 3 rings (SSSR count). The minimum Gasteiger partial charge on any atom is -0.478 e. The molecule has 2 aromatic rings. The molecular formula is C21H25NO3. The summed E-state index contributed by atoms with van der Waals surface area (Å²) in [6, 6.07) is 17.4. The van der Waals surface area contributed by atoms with Gasteiger partial charge in [0, 0.05) is 19.6 Å². The third-order valence-electron chi connectivity index (χ3n) is 5.12. The second-order valence-electron chi connectivity index (χ2n) is 6.99. The molecule has 132 valence electrons. The maximum atomic E-state index is 10.9. The number of nitrogens with zero attached hydrogens (tertiary/aromatic N) is 1. The van der Waals surface area contributed by atoms with Gasteiger partial charge in [-0.2, -0.15) is 0 Å². The first-order valence-electron chi connectivity index (χ1n) is 8.85. The van der Waals surface area contributed by atoms with Crippen LogP contribution in [-0.4, -0.2) is 39.8 Å². The number of aryl methyl sites for hydroxylation is 1. The third kappa shape index (κ3) is 4.91. The van der Waals surface area contributed by atoms with Crippen LogP contribution in [0.3, 0.4) is 0 Å². The van der Waals surface area contributed by atoms with E-state index in [1.807, 2.05) is 18.2 Å². The molecule has 4 heteroatoms. The van der Waals surface area contributed by atoms with E-state index >= 15 is 0 Å². The zero-order valence-corrected chi connectivity index (χ0v) is 14.4. The van der Waals surface area contributed by atoms with Gasteiger partial charge in [-0.25, -0.2) is 4.79 Å². The fraction of sp³-hybridized carbons (Fsp3) is 0.381. The van der Waals surface area contributed by atoms with Crippen molar-refractivity contribution >= 4 is 5.97 Å². The number of rotatable bonds is 6. The molecule has 0 aliphatic carbocycles. The summed E-state index contributed by atoms with van der Waals surface area (Å²) < 4.78 is 0. The molecule has 0 bridgehead atoms. The van der Waals surface area contributed by atoms with Gasteiger partial charge in [0.25, 0.3) is 0 Å². The predicted octanol–water partition coefficient (Wildman–Crippen LogP) is 3.34. The number of hydrogen-bond donors (Lipinski definition) is 2. The SMILES string of the molecule is O=C(O)c1ccc(CCC2(O)CCN(Cc3ccccc3)CC2)cc1. The van der Waals surface area contributed by atoms with Crippen molar-refractivity contribution in [3.05, 3.63) is 71.3 Å². The summed E-state index contributed by atoms with van der Waals surface area (Å²) in [6.45, 7) is 2.75. The lowest BCUT2D eigenvalue weighted by molar-refractivity contribution is -0.0290. The van der Waals surface area contributed by atoms with E-state index in [2.05, 4.69) is 29.2 Å². The standard InChI is InChI=1S/C21H25NO3/c23-20(24)19-8-6-17(7-9-19)10-11-21(25)12-14-22(15-13-21)16-18-4-2-1-3-5-18/h1-9,25H,10-16H2,(H,23,24). The van der Waals surface area contributed by atoms with Gasteiger partial charge in [-0.3, -0.25) is 4.90 Å². The fourth-order valence-corrected chi connectivity index (χ4v) is 3.41. The van der Waals surface area contributed by atoms with Crippen molar-refractivity contribution in [1.29, 1.82) is 0 Å². The number of carbonyl (C=O) groups is 1. The smallest absolute Gasteiger partial charge is 0.335 e. The Morgan fingerprint density at radius 1 is 0.960 bits per heavy atom. The molecular weight excluding hydrogens is 314 g/mol. The second kappa shape index (κ2) is 7.81. The van der Waals surface area contributed by atoms with Crippen LogP contribution in [0, 0.1) is 0 Å². The third-order valence-corrected chi connectivity index (χ3v) is 5.12. The highest BCUT2D eigenvalue weighted by atomic mass is 16.4. The first-order valence-corrected chi connectivity index (χ1v) is 8.85. The van der Waals surface area contributed by atoms with Crippen LogP contribution in [0.15, 0.2) is 54.6 Å². The average molecular weight is 339 g/mol. The van der Waals surface area contributed by atoms with Crippen molar-refractivity contribution in [1.82, 2.24) is 4.90 Å².